The Morgan fingerprint density at radius 1 is 1.38 bits per heavy atom. The third kappa shape index (κ3) is 4.36. The summed E-state index contributed by atoms with van der Waals surface area (Å²) in [6, 6.07) is 0. The van der Waals surface area contributed by atoms with E-state index in [4.69, 9.17) is 5.73 Å². The van der Waals surface area contributed by atoms with Crippen LogP contribution in [0.5, 0.6) is 0 Å². The molecule has 0 fully saturated rings. The molecule has 2 atom stereocenters. The minimum atomic E-state index is 0.203. The second-order valence-corrected chi connectivity index (χ2v) is 3.11. The van der Waals surface area contributed by atoms with E-state index in [0.29, 0.717) is 11.6 Å². The van der Waals surface area contributed by atoms with Crippen LogP contribution in [0.2, 0.25) is 0 Å². The molecule has 0 aliphatic heterocycles. The third-order valence-corrected chi connectivity index (χ3v) is 1.95. The molecule has 0 aromatic rings. The van der Waals surface area contributed by atoms with Gasteiger partial charge in [0, 0.05) is 11.6 Å². The van der Waals surface area contributed by atoms with E-state index in [2.05, 4.69) is 26.2 Å². The fraction of sp³-hybridized carbons (Fsp3) is 0.333. The fourth-order valence-corrected chi connectivity index (χ4v) is 1.26. The Kier molecular flexibility index (Phi) is 5.69. The van der Waals surface area contributed by atoms with Crippen molar-refractivity contribution >= 4 is 0 Å². The van der Waals surface area contributed by atoms with Crippen LogP contribution >= 0.6 is 0 Å². The molecule has 2 unspecified atom stereocenters. The average Bonchev–Trinajstić information content (AvgIpc) is 2.05. The zero-order valence-corrected chi connectivity index (χ0v) is 8.53. The highest BCUT2D eigenvalue weighted by Gasteiger charge is 2.11. The van der Waals surface area contributed by atoms with Crippen LogP contribution in [-0.4, -0.2) is 0 Å². The molecule has 0 radical (unpaired) electrons. The molecule has 0 amide bonds. The van der Waals surface area contributed by atoms with Gasteiger partial charge in [0.1, 0.15) is 0 Å². The van der Waals surface area contributed by atoms with Gasteiger partial charge in [-0.1, -0.05) is 50.5 Å². The van der Waals surface area contributed by atoms with E-state index in [9.17, 15) is 0 Å². The fourth-order valence-electron chi connectivity index (χ4n) is 1.26. The summed E-state index contributed by atoms with van der Waals surface area (Å²) in [6.45, 7) is 11.5. The highest BCUT2D eigenvalue weighted by atomic mass is 14.6. The zero-order chi connectivity index (χ0) is 10.3. The largest absolute Gasteiger partial charge is 0.402 e. The summed E-state index contributed by atoms with van der Waals surface area (Å²) in [6.07, 6.45) is 9.83. The van der Waals surface area contributed by atoms with E-state index in [0.717, 1.165) is 0 Å². The molecule has 0 aliphatic rings. The molecule has 0 aromatic heterocycles. The number of rotatable bonds is 5. The van der Waals surface area contributed by atoms with Crippen molar-refractivity contribution in [3.05, 3.63) is 49.2 Å². The summed E-state index contributed by atoms with van der Waals surface area (Å²) in [5.41, 5.74) is 6.39. The Hall–Kier alpha value is -1.24. The summed E-state index contributed by atoms with van der Waals surface area (Å²) in [7, 11) is 0. The van der Waals surface area contributed by atoms with Crippen LogP contribution in [-0.2, 0) is 0 Å². The minimum absolute atomic E-state index is 0.203. The molecule has 0 spiro atoms. The second-order valence-electron chi connectivity index (χ2n) is 3.11. The first-order chi connectivity index (χ1) is 6.13. The lowest BCUT2D eigenvalue weighted by atomic mass is 9.91. The Balaban J connectivity index is 4.49. The van der Waals surface area contributed by atoms with Gasteiger partial charge in [-0.3, -0.25) is 0 Å². The smallest absolute Gasteiger partial charge is 0.0221 e. The van der Waals surface area contributed by atoms with Crippen LogP contribution in [0.1, 0.15) is 13.8 Å². The maximum absolute atomic E-state index is 5.69. The molecule has 0 saturated heterocycles. The third-order valence-electron chi connectivity index (χ3n) is 1.95. The quantitative estimate of drug-likeness (QED) is 0.507. The Labute approximate surface area is 81.3 Å². The number of nitrogens with two attached hydrogens (primary N) is 1. The summed E-state index contributed by atoms with van der Waals surface area (Å²) in [4.78, 5) is 0. The first-order valence-electron chi connectivity index (χ1n) is 4.49. The van der Waals surface area contributed by atoms with Gasteiger partial charge in [-0.2, -0.15) is 0 Å². The maximum Gasteiger partial charge on any atom is 0.0221 e. The summed E-state index contributed by atoms with van der Waals surface area (Å²) < 4.78 is 0. The van der Waals surface area contributed by atoms with E-state index in [1.165, 1.54) is 0 Å². The zero-order valence-electron chi connectivity index (χ0n) is 8.53. The summed E-state index contributed by atoms with van der Waals surface area (Å²) in [5.74, 6) is 0.591. The molecule has 0 saturated carbocycles. The van der Waals surface area contributed by atoms with Gasteiger partial charge in [0.15, 0.2) is 0 Å². The van der Waals surface area contributed by atoms with Gasteiger partial charge < -0.3 is 5.73 Å². The standard InChI is InChI=1S/C12H19N/c1-5-7-9-12(11(4)13)10(3)8-6-2/h5-10,12H,1,4,13H2,2-3H3/b8-6-,9-7-. The van der Waals surface area contributed by atoms with Crippen LogP contribution < -0.4 is 5.73 Å². The molecule has 0 bridgehead atoms. The highest BCUT2D eigenvalue weighted by Crippen LogP contribution is 2.19. The molecular weight excluding hydrogens is 158 g/mol. The lowest BCUT2D eigenvalue weighted by Crippen LogP contribution is -2.15. The monoisotopic (exact) mass is 177 g/mol. The highest BCUT2D eigenvalue weighted by molar-refractivity contribution is 5.13. The Bertz CT molecular complexity index is 223. The van der Waals surface area contributed by atoms with Crippen LogP contribution in [0, 0.1) is 11.8 Å². The van der Waals surface area contributed by atoms with Crippen molar-refractivity contribution < 1.29 is 0 Å². The van der Waals surface area contributed by atoms with Gasteiger partial charge in [0.05, 0.1) is 0 Å². The average molecular weight is 177 g/mol. The molecule has 1 heteroatoms. The van der Waals surface area contributed by atoms with E-state index >= 15 is 0 Å². The van der Waals surface area contributed by atoms with E-state index < -0.39 is 0 Å². The molecule has 72 valence electrons. The van der Waals surface area contributed by atoms with Crippen molar-refractivity contribution in [2.75, 3.05) is 0 Å². The number of hydrogen-bond donors (Lipinski definition) is 1. The first kappa shape index (κ1) is 11.8. The molecule has 0 aromatic carbocycles. The van der Waals surface area contributed by atoms with Crippen molar-refractivity contribution in [2.24, 2.45) is 17.6 Å². The molecule has 0 aliphatic carbocycles. The second kappa shape index (κ2) is 6.30. The minimum Gasteiger partial charge on any atom is -0.402 e. The number of hydrogen-bond acceptors (Lipinski definition) is 1. The molecule has 13 heavy (non-hydrogen) atoms. The van der Waals surface area contributed by atoms with E-state index in [-0.39, 0.29) is 5.92 Å². The molecular formula is C12H19N. The van der Waals surface area contributed by atoms with E-state index in [1.54, 1.807) is 6.08 Å². The molecule has 0 rings (SSSR count). The molecule has 2 N–H and O–H groups in total. The van der Waals surface area contributed by atoms with Crippen molar-refractivity contribution in [2.45, 2.75) is 13.8 Å². The summed E-state index contributed by atoms with van der Waals surface area (Å²) >= 11 is 0. The van der Waals surface area contributed by atoms with Crippen LogP contribution in [0.4, 0.5) is 0 Å². The Morgan fingerprint density at radius 3 is 2.38 bits per heavy atom. The van der Waals surface area contributed by atoms with Crippen molar-refractivity contribution in [1.82, 2.24) is 0 Å². The number of allylic oxidation sites excluding steroid dienone is 5. The summed E-state index contributed by atoms with van der Waals surface area (Å²) in [5, 5.41) is 0. The van der Waals surface area contributed by atoms with Crippen LogP contribution in [0.15, 0.2) is 49.2 Å². The Morgan fingerprint density at radius 2 is 2.00 bits per heavy atom. The normalized spacial score (nSPS) is 16.2. The van der Waals surface area contributed by atoms with Crippen molar-refractivity contribution in [3.63, 3.8) is 0 Å². The van der Waals surface area contributed by atoms with Gasteiger partial charge in [-0.15, -0.1) is 0 Å². The van der Waals surface area contributed by atoms with Crippen molar-refractivity contribution in [3.8, 4) is 0 Å². The van der Waals surface area contributed by atoms with Crippen LogP contribution in [0.25, 0.3) is 0 Å². The topological polar surface area (TPSA) is 26.0 Å². The van der Waals surface area contributed by atoms with Gasteiger partial charge in [-0.05, 0) is 12.8 Å². The molecule has 0 heterocycles. The predicted molar refractivity (Wildman–Crippen MR) is 60.1 cm³/mol. The lowest BCUT2D eigenvalue weighted by molar-refractivity contribution is 0.578. The SMILES string of the molecule is C=C/C=C\C(C(=C)N)C(C)/C=C\C. The maximum atomic E-state index is 5.69. The van der Waals surface area contributed by atoms with Crippen molar-refractivity contribution in [1.29, 1.82) is 0 Å². The van der Waals surface area contributed by atoms with Crippen LogP contribution in [0.3, 0.4) is 0 Å². The van der Waals surface area contributed by atoms with Gasteiger partial charge in [0.2, 0.25) is 0 Å². The predicted octanol–water partition coefficient (Wildman–Crippen LogP) is 3.03. The first-order valence-corrected chi connectivity index (χ1v) is 4.49. The van der Waals surface area contributed by atoms with Gasteiger partial charge in [-0.25, -0.2) is 0 Å². The van der Waals surface area contributed by atoms with E-state index in [1.807, 2.05) is 25.2 Å². The van der Waals surface area contributed by atoms with Gasteiger partial charge >= 0.3 is 0 Å². The molecule has 1 nitrogen and oxygen atoms in total. The van der Waals surface area contributed by atoms with Gasteiger partial charge in [0.25, 0.3) is 0 Å². The lowest BCUT2D eigenvalue weighted by Gasteiger charge is -2.17.